The van der Waals surface area contributed by atoms with Crippen molar-refractivity contribution in [3.8, 4) is 0 Å². The van der Waals surface area contributed by atoms with Crippen LogP contribution in [0.2, 0.25) is 5.02 Å². The molecule has 3 N–H and O–H groups in total. The van der Waals surface area contributed by atoms with Crippen LogP contribution < -0.4 is 20.9 Å². The second kappa shape index (κ2) is 13.3. The number of anilines is 2. The van der Waals surface area contributed by atoms with Crippen molar-refractivity contribution < 1.29 is 40.0 Å². The Morgan fingerprint density at radius 2 is 1.86 bits per heavy atom. The van der Waals surface area contributed by atoms with Gasteiger partial charge in [-0.2, -0.15) is 13.2 Å². The standard InChI is InChI=1S/C27H31ClF5N5O4S/c1-16-15-37(8-6-27(31,32)33)9-10-38(16)21-12-18(28)3-5-20(21)36-25(39)19-4-2-17(23(29)24(19)30)13-35-26(40)22-14-34-7-11-43(22,41)42/h2-5,12,16,22,34H,6-11,13-15H2,1H3,(H,35,40)(H,36,39)/t16-,22+/m1/s1. The highest BCUT2D eigenvalue weighted by atomic mass is 35.5. The fourth-order valence-electron chi connectivity index (χ4n) is 5.09. The summed E-state index contributed by atoms with van der Waals surface area (Å²) in [4.78, 5) is 29.0. The van der Waals surface area contributed by atoms with Gasteiger partial charge in [0.1, 0.15) is 0 Å². The number of carbonyl (C=O) groups excluding carboxylic acids is 2. The highest BCUT2D eigenvalue weighted by Crippen LogP contribution is 2.33. The first-order valence-corrected chi connectivity index (χ1v) is 15.6. The maximum absolute atomic E-state index is 15.0. The van der Waals surface area contributed by atoms with Crippen LogP contribution in [0.25, 0.3) is 0 Å². The van der Waals surface area contributed by atoms with Crippen LogP contribution in [0.4, 0.5) is 33.3 Å². The maximum atomic E-state index is 15.0. The average molecular weight is 652 g/mol. The molecule has 0 saturated carbocycles. The summed E-state index contributed by atoms with van der Waals surface area (Å²) in [6.45, 7) is 2.31. The number of nitrogens with zero attached hydrogens (tertiary/aromatic N) is 2. The first kappa shape index (κ1) is 32.9. The monoisotopic (exact) mass is 651 g/mol. The van der Waals surface area contributed by atoms with Crippen LogP contribution in [0.3, 0.4) is 0 Å². The Labute approximate surface area is 250 Å². The maximum Gasteiger partial charge on any atom is 0.390 e. The van der Waals surface area contributed by atoms with E-state index in [1.165, 1.54) is 12.1 Å². The third-order valence-corrected chi connectivity index (χ3v) is 9.68. The molecule has 2 aliphatic heterocycles. The average Bonchev–Trinajstić information content (AvgIpc) is 2.93. The van der Waals surface area contributed by atoms with Crippen molar-refractivity contribution in [3.05, 3.63) is 58.1 Å². The molecule has 2 fully saturated rings. The van der Waals surface area contributed by atoms with Gasteiger partial charge in [-0.25, -0.2) is 17.2 Å². The summed E-state index contributed by atoms with van der Waals surface area (Å²) in [5, 5.41) is 6.66. The molecule has 16 heteroatoms. The summed E-state index contributed by atoms with van der Waals surface area (Å²) in [5.74, 6) is -4.87. The minimum absolute atomic E-state index is 0.0939. The molecule has 9 nitrogen and oxygen atoms in total. The van der Waals surface area contributed by atoms with Crippen molar-refractivity contribution in [1.29, 1.82) is 0 Å². The second-order valence-electron chi connectivity index (χ2n) is 10.5. The van der Waals surface area contributed by atoms with E-state index in [9.17, 15) is 35.6 Å². The van der Waals surface area contributed by atoms with Crippen molar-refractivity contribution in [1.82, 2.24) is 15.5 Å². The lowest BCUT2D eigenvalue weighted by Crippen LogP contribution is -2.52. The summed E-state index contributed by atoms with van der Waals surface area (Å²) in [6, 6.07) is 6.47. The van der Waals surface area contributed by atoms with Crippen LogP contribution in [-0.4, -0.2) is 87.6 Å². The number of rotatable bonds is 8. The Morgan fingerprint density at radius 1 is 1.12 bits per heavy atom. The predicted octanol–water partition coefficient (Wildman–Crippen LogP) is 3.34. The van der Waals surface area contributed by atoms with Gasteiger partial charge in [-0.1, -0.05) is 17.7 Å². The van der Waals surface area contributed by atoms with Gasteiger partial charge < -0.3 is 20.9 Å². The third-order valence-electron chi connectivity index (χ3n) is 7.42. The molecule has 236 valence electrons. The lowest BCUT2D eigenvalue weighted by atomic mass is 10.1. The zero-order chi connectivity index (χ0) is 31.5. The molecule has 2 aromatic rings. The lowest BCUT2D eigenvalue weighted by molar-refractivity contribution is -0.138. The molecule has 4 rings (SSSR count). The zero-order valence-electron chi connectivity index (χ0n) is 23.1. The van der Waals surface area contributed by atoms with E-state index in [0.29, 0.717) is 30.3 Å². The quantitative estimate of drug-likeness (QED) is 0.376. The fraction of sp³-hybridized carbons (Fsp3) is 0.481. The summed E-state index contributed by atoms with van der Waals surface area (Å²) in [5.41, 5.74) is -0.190. The molecular formula is C27H31ClF5N5O4S. The number of piperazine rings is 1. The molecular weight excluding hydrogens is 621 g/mol. The minimum Gasteiger partial charge on any atom is -0.365 e. The van der Waals surface area contributed by atoms with Crippen LogP contribution in [0.1, 0.15) is 29.3 Å². The number of halogens is 6. The van der Waals surface area contributed by atoms with Crippen molar-refractivity contribution >= 4 is 44.6 Å². The molecule has 0 aromatic heterocycles. The minimum atomic E-state index is -4.26. The molecule has 0 spiro atoms. The number of benzene rings is 2. The number of amides is 2. The molecule has 2 amide bonds. The Bertz CT molecular complexity index is 1480. The van der Waals surface area contributed by atoms with Crippen molar-refractivity contribution in [2.45, 2.75) is 37.4 Å². The molecule has 2 atom stereocenters. The molecule has 0 radical (unpaired) electrons. The van der Waals surface area contributed by atoms with Gasteiger partial charge in [-0.05, 0) is 31.2 Å². The van der Waals surface area contributed by atoms with Gasteiger partial charge in [0, 0.05) is 62.4 Å². The summed E-state index contributed by atoms with van der Waals surface area (Å²) >= 11 is 6.20. The van der Waals surface area contributed by atoms with Crippen LogP contribution >= 0.6 is 11.6 Å². The van der Waals surface area contributed by atoms with E-state index in [1.807, 2.05) is 11.8 Å². The van der Waals surface area contributed by atoms with Gasteiger partial charge in [0.2, 0.25) is 5.91 Å². The first-order chi connectivity index (χ1) is 20.2. The van der Waals surface area contributed by atoms with Gasteiger partial charge in [0.25, 0.3) is 5.91 Å². The van der Waals surface area contributed by atoms with Crippen molar-refractivity contribution in [2.24, 2.45) is 0 Å². The number of carbonyl (C=O) groups is 2. The summed E-state index contributed by atoms with van der Waals surface area (Å²) in [7, 11) is -3.67. The predicted molar refractivity (Wildman–Crippen MR) is 152 cm³/mol. The first-order valence-electron chi connectivity index (χ1n) is 13.5. The van der Waals surface area contributed by atoms with E-state index in [1.54, 1.807) is 11.0 Å². The molecule has 0 aliphatic carbocycles. The Morgan fingerprint density at radius 3 is 2.53 bits per heavy atom. The van der Waals surface area contributed by atoms with E-state index in [4.69, 9.17) is 11.6 Å². The van der Waals surface area contributed by atoms with Gasteiger partial charge in [-0.3, -0.25) is 14.5 Å². The number of hydrogen-bond donors (Lipinski definition) is 3. The van der Waals surface area contributed by atoms with Crippen LogP contribution in [-0.2, 0) is 21.2 Å². The van der Waals surface area contributed by atoms with Crippen LogP contribution in [0.15, 0.2) is 30.3 Å². The highest BCUT2D eigenvalue weighted by molar-refractivity contribution is 7.92. The summed E-state index contributed by atoms with van der Waals surface area (Å²) in [6.07, 6.45) is -5.19. The Balaban J connectivity index is 1.45. The molecule has 2 heterocycles. The molecule has 0 bridgehead atoms. The topological polar surface area (TPSA) is 111 Å². The van der Waals surface area contributed by atoms with E-state index < -0.39 is 63.2 Å². The summed E-state index contributed by atoms with van der Waals surface area (Å²) < 4.78 is 92.2. The van der Waals surface area contributed by atoms with E-state index >= 15 is 4.39 Å². The van der Waals surface area contributed by atoms with Gasteiger partial charge in [-0.15, -0.1) is 0 Å². The molecule has 2 aromatic carbocycles. The number of alkyl halides is 3. The number of hydrogen-bond acceptors (Lipinski definition) is 7. The Kier molecular flexibility index (Phi) is 10.2. The number of sulfone groups is 1. The molecule has 2 saturated heterocycles. The molecule has 43 heavy (non-hydrogen) atoms. The fourth-order valence-corrected chi connectivity index (χ4v) is 6.75. The van der Waals surface area contributed by atoms with Crippen LogP contribution in [0.5, 0.6) is 0 Å². The van der Waals surface area contributed by atoms with E-state index in [-0.39, 0.29) is 42.7 Å². The molecule has 2 aliphatic rings. The third kappa shape index (κ3) is 8.13. The SMILES string of the molecule is C[C@@H]1CN(CCC(F)(F)F)CCN1c1cc(Cl)ccc1NC(=O)c1ccc(CNC(=O)[C@@H]2CNCCS2(=O)=O)c(F)c1F. The second-order valence-corrected chi connectivity index (χ2v) is 13.2. The lowest BCUT2D eigenvalue weighted by Gasteiger charge is -2.42. The number of nitrogens with one attached hydrogen (secondary N) is 3. The van der Waals surface area contributed by atoms with Gasteiger partial charge in [0.15, 0.2) is 26.7 Å². The van der Waals surface area contributed by atoms with Crippen LogP contribution in [0, 0.1) is 11.6 Å². The van der Waals surface area contributed by atoms with E-state index in [0.717, 1.165) is 12.1 Å². The largest absolute Gasteiger partial charge is 0.390 e. The normalized spacial score (nSPS) is 21.0. The van der Waals surface area contributed by atoms with Gasteiger partial charge >= 0.3 is 6.18 Å². The van der Waals surface area contributed by atoms with Gasteiger partial charge in [0.05, 0.1) is 29.1 Å². The Hall–Kier alpha value is -3.01. The van der Waals surface area contributed by atoms with Crippen molar-refractivity contribution in [2.75, 3.05) is 55.2 Å². The smallest absolute Gasteiger partial charge is 0.365 e. The zero-order valence-corrected chi connectivity index (χ0v) is 24.7. The molecule has 0 unspecified atom stereocenters. The highest BCUT2D eigenvalue weighted by Gasteiger charge is 2.35. The van der Waals surface area contributed by atoms with E-state index in [2.05, 4.69) is 16.0 Å². The van der Waals surface area contributed by atoms with Crippen molar-refractivity contribution in [3.63, 3.8) is 0 Å².